The second-order valence-corrected chi connectivity index (χ2v) is 4.35. The summed E-state index contributed by atoms with van der Waals surface area (Å²) in [7, 11) is 0. The van der Waals surface area contributed by atoms with Crippen molar-refractivity contribution in [2.24, 2.45) is 0 Å². The van der Waals surface area contributed by atoms with Crippen LogP contribution in [0.4, 0.5) is 5.69 Å². The summed E-state index contributed by atoms with van der Waals surface area (Å²) in [6, 6.07) is 14.4. The molecule has 6 nitrogen and oxygen atoms in total. The third-order valence-corrected chi connectivity index (χ3v) is 2.92. The number of benzene rings is 1. The Kier molecular flexibility index (Phi) is 3.51. The molecule has 1 aromatic carbocycles. The van der Waals surface area contributed by atoms with Crippen LogP contribution in [-0.4, -0.2) is 9.97 Å². The Hall–Kier alpha value is -3.64. The topological polar surface area (TPSA) is 98.5 Å². The molecule has 0 unspecified atom stereocenters. The molecular formula is C16H9N5O. The van der Waals surface area contributed by atoms with E-state index in [-0.39, 0.29) is 5.57 Å². The minimum Gasteiger partial charge on any atom is -0.434 e. The van der Waals surface area contributed by atoms with Gasteiger partial charge in [0.1, 0.15) is 17.7 Å². The second kappa shape index (κ2) is 5.78. The Balaban J connectivity index is 1.84. The fourth-order valence-corrected chi connectivity index (χ4v) is 1.85. The lowest BCUT2D eigenvalue weighted by Gasteiger charge is -2.01. The van der Waals surface area contributed by atoms with Crippen molar-refractivity contribution in [3.8, 4) is 23.6 Å². The van der Waals surface area contributed by atoms with Gasteiger partial charge < -0.3 is 9.73 Å². The van der Waals surface area contributed by atoms with Crippen molar-refractivity contribution in [1.29, 1.82) is 10.5 Å². The average molecular weight is 287 g/mol. The van der Waals surface area contributed by atoms with Crippen LogP contribution in [0, 0.1) is 22.7 Å². The van der Waals surface area contributed by atoms with Crippen LogP contribution >= 0.6 is 0 Å². The molecule has 104 valence electrons. The highest BCUT2D eigenvalue weighted by molar-refractivity contribution is 5.72. The lowest BCUT2D eigenvalue weighted by Crippen LogP contribution is -1.89. The van der Waals surface area contributed by atoms with Gasteiger partial charge in [-0.05, 0) is 36.4 Å². The maximum absolute atomic E-state index is 8.66. The molecule has 0 bridgehead atoms. The number of oxazole rings is 1. The predicted octanol–water partition coefficient (Wildman–Crippen LogP) is 3.23. The van der Waals surface area contributed by atoms with Crippen LogP contribution in [-0.2, 0) is 0 Å². The SMILES string of the molecule is N#CC(C#N)=CNc1ccc(-c2nc3ncccc3o2)cc1. The number of nitrogens with one attached hydrogen (secondary N) is 1. The lowest BCUT2D eigenvalue weighted by atomic mass is 10.2. The van der Waals surface area contributed by atoms with E-state index in [4.69, 9.17) is 14.9 Å². The first-order valence-electron chi connectivity index (χ1n) is 6.39. The lowest BCUT2D eigenvalue weighted by molar-refractivity contribution is 0.619. The molecule has 2 heterocycles. The van der Waals surface area contributed by atoms with Crippen LogP contribution in [0.2, 0.25) is 0 Å². The maximum atomic E-state index is 8.66. The number of pyridine rings is 1. The van der Waals surface area contributed by atoms with E-state index < -0.39 is 0 Å². The van der Waals surface area contributed by atoms with E-state index in [2.05, 4.69) is 15.3 Å². The molecule has 0 aliphatic heterocycles. The van der Waals surface area contributed by atoms with Crippen LogP contribution < -0.4 is 5.32 Å². The summed E-state index contributed by atoms with van der Waals surface area (Å²) in [5.41, 5.74) is 2.77. The normalized spacial score (nSPS) is 9.73. The van der Waals surface area contributed by atoms with Crippen molar-refractivity contribution in [2.75, 3.05) is 5.32 Å². The van der Waals surface area contributed by atoms with Crippen LogP contribution in [0.25, 0.3) is 22.7 Å². The molecule has 0 spiro atoms. The zero-order chi connectivity index (χ0) is 15.4. The molecule has 0 fully saturated rings. The van der Waals surface area contributed by atoms with E-state index in [0.717, 1.165) is 11.3 Å². The van der Waals surface area contributed by atoms with E-state index in [9.17, 15) is 0 Å². The van der Waals surface area contributed by atoms with Crippen molar-refractivity contribution >= 4 is 16.9 Å². The van der Waals surface area contributed by atoms with Gasteiger partial charge >= 0.3 is 0 Å². The number of nitriles is 2. The van der Waals surface area contributed by atoms with Crippen molar-refractivity contribution in [2.45, 2.75) is 0 Å². The van der Waals surface area contributed by atoms with Gasteiger partial charge in [-0.2, -0.15) is 15.5 Å². The molecule has 1 N–H and O–H groups in total. The van der Waals surface area contributed by atoms with E-state index in [0.29, 0.717) is 17.1 Å². The number of rotatable bonds is 3. The third kappa shape index (κ3) is 2.62. The van der Waals surface area contributed by atoms with Gasteiger partial charge in [-0.1, -0.05) is 0 Å². The predicted molar refractivity (Wildman–Crippen MR) is 80.2 cm³/mol. The summed E-state index contributed by atoms with van der Waals surface area (Å²) in [6.07, 6.45) is 3.02. The molecular weight excluding hydrogens is 278 g/mol. The Labute approximate surface area is 126 Å². The van der Waals surface area contributed by atoms with Gasteiger partial charge in [0.2, 0.25) is 5.89 Å². The fourth-order valence-electron chi connectivity index (χ4n) is 1.85. The Morgan fingerprint density at radius 1 is 1.14 bits per heavy atom. The van der Waals surface area contributed by atoms with E-state index >= 15 is 0 Å². The molecule has 22 heavy (non-hydrogen) atoms. The molecule has 0 aliphatic carbocycles. The number of nitrogens with zero attached hydrogens (tertiary/aromatic N) is 4. The van der Waals surface area contributed by atoms with E-state index in [1.165, 1.54) is 6.20 Å². The van der Waals surface area contributed by atoms with Gasteiger partial charge in [-0.25, -0.2) is 4.98 Å². The largest absolute Gasteiger partial charge is 0.434 e. The molecule has 0 saturated heterocycles. The first-order chi connectivity index (χ1) is 10.8. The smallest absolute Gasteiger partial charge is 0.228 e. The van der Waals surface area contributed by atoms with E-state index in [1.807, 2.05) is 18.2 Å². The molecule has 0 radical (unpaired) electrons. The third-order valence-electron chi connectivity index (χ3n) is 2.92. The zero-order valence-corrected chi connectivity index (χ0v) is 11.3. The summed E-state index contributed by atoms with van der Waals surface area (Å²) < 4.78 is 5.63. The summed E-state index contributed by atoms with van der Waals surface area (Å²) in [4.78, 5) is 8.44. The number of fused-ring (bicyclic) bond motifs is 1. The zero-order valence-electron chi connectivity index (χ0n) is 11.3. The van der Waals surface area contributed by atoms with Crippen molar-refractivity contribution in [3.63, 3.8) is 0 Å². The molecule has 2 aromatic heterocycles. The highest BCUT2D eigenvalue weighted by Gasteiger charge is 2.08. The Morgan fingerprint density at radius 2 is 1.91 bits per heavy atom. The Bertz CT molecular complexity index is 877. The molecule has 0 amide bonds. The van der Waals surface area contributed by atoms with Crippen molar-refractivity contribution < 1.29 is 4.42 Å². The van der Waals surface area contributed by atoms with Gasteiger partial charge in [0.15, 0.2) is 11.2 Å². The highest BCUT2D eigenvalue weighted by atomic mass is 16.3. The standard InChI is InChI=1S/C16H9N5O/c17-8-11(9-18)10-20-13-5-3-12(4-6-13)16-21-15-14(22-16)2-1-7-19-15/h1-7,10,20H. The van der Waals surface area contributed by atoms with Crippen LogP contribution in [0.15, 0.2) is 58.8 Å². The molecule has 0 aliphatic rings. The minimum absolute atomic E-state index is 0.00843. The number of hydrogen-bond donors (Lipinski definition) is 1. The van der Waals surface area contributed by atoms with Crippen LogP contribution in [0.1, 0.15) is 0 Å². The van der Waals surface area contributed by atoms with Gasteiger partial charge in [0.05, 0.1) is 0 Å². The molecule has 6 heteroatoms. The second-order valence-electron chi connectivity index (χ2n) is 4.35. The molecule has 0 saturated carbocycles. The monoisotopic (exact) mass is 287 g/mol. The van der Waals surface area contributed by atoms with Gasteiger partial charge in [0, 0.05) is 23.6 Å². The quantitative estimate of drug-likeness (QED) is 0.742. The highest BCUT2D eigenvalue weighted by Crippen LogP contribution is 2.24. The van der Waals surface area contributed by atoms with Crippen LogP contribution in [0.3, 0.4) is 0 Å². The number of hydrogen-bond acceptors (Lipinski definition) is 6. The van der Waals surface area contributed by atoms with Crippen molar-refractivity contribution in [1.82, 2.24) is 9.97 Å². The first kappa shape index (κ1) is 13.3. The Morgan fingerprint density at radius 3 is 2.59 bits per heavy atom. The number of anilines is 1. The molecule has 3 aromatic rings. The number of aromatic nitrogens is 2. The van der Waals surface area contributed by atoms with Gasteiger partial charge in [-0.3, -0.25) is 0 Å². The van der Waals surface area contributed by atoms with Gasteiger partial charge in [0.25, 0.3) is 0 Å². The summed E-state index contributed by atoms with van der Waals surface area (Å²) in [5, 5.41) is 20.2. The minimum atomic E-state index is 0.00843. The number of allylic oxidation sites excluding steroid dienone is 1. The average Bonchev–Trinajstić information content (AvgIpc) is 3.00. The molecule has 3 rings (SSSR count). The van der Waals surface area contributed by atoms with Crippen LogP contribution in [0.5, 0.6) is 0 Å². The summed E-state index contributed by atoms with van der Waals surface area (Å²) in [6.45, 7) is 0. The summed E-state index contributed by atoms with van der Waals surface area (Å²) >= 11 is 0. The fraction of sp³-hybridized carbons (Fsp3) is 0. The maximum Gasteiger partial charge on any atom is 0.228 e. The van der Waals surface area contributed by atoms with Crippen molar-refractivity contribution in [3.05, 3.63) is 54.4 Å². The molecule has 0 atom stereocenters. The first-order valence-corrected chi connectivity index (χ1v) is 6.39. The van der Waals surface area contributed by atoms with Gasteiger partial charge in [-0.15, -0.1) is 0 Å². The summed E-state index contributed by atoms with van der Waals surface area (Å²) in [5.74, 6) is 0.491. The van der Waals surface area contributed by atoms with E-state index in [1.54, 1.807) is 36.5 Å².